The number of unbranched alkanes of at least 4 members (excludes halogenated alkanes) is 1. The van der Waals surface area contributed by atoms with Gasteiger partial charge < -0.3 is 10.5 Å². The standard InChI is InChI=1S/C15H24ClNO/c1-2-3-8-18-9-7-14(12-17)10-13-5-4-6-15(16)11-13/h4-6,11,14H,2-3,7-10,12,17H2,1H3. The van der Waals surface area contributed by atoms with Crippen LogP contribution in [0.15, 0.2) is 24.3 Å². The third kappa shape index (κ3) is 6.39. The second kappa shape index (κ2) is 9.37. The van der Waals surface area contributed by atoms with Crippen molar-refractivity contribution >= 4 is 11.6 Å². The lowest BCUT2D eigenvalue weighted by Crippen LogP contribution is -2.19. The van der Waals surface area contributed by atoms with E-state index in [1.54, 1.807) is 0 Å². The molecule has 1 unspecified atom stereocenters. The van der Waals surface area contributed by atoms with Gasteiger partial charge in [-0.05, 0) is 49.4 Å². The number of hydrogen-bond donors (Lipinski definition) is 1. The molecule has 0 heterocycles. The summed E-state index contributed by atoms with van der Waals surface area (Å²) >= 11 is 5.98. The molecule has 0 bridgehead atoms. The summed E-state index contributed by atoms with van der Waals surface area (Å²) in [7, 11) is 0. The van der Waals surface area contributed by atoms with Crippen molar-refractivity contribution in [2.24, 2.45) is 11.7 Å². The van der Waals surface area contributed by atoms with Crippen molar-refractivity contribution in [3.63, 3.8) is 0 Å². The van der Waals surface area contributed by atoms with E-state index in [0.29, 0.717) is 12.5 Å². The van der Waals surface area contributed by atoms with Crippen molar-refractivity contribution < 1.29 is 4.74 Å². The molecule has 0 aliphatic carbocycles. The molecule has 1 rings (SSSR count). The summed E-state index contributed by atoms with van der Waals surface area (Å²) in [5.41, 5.74) is 7.07. The van der Waals surface area contributed by atoms with Gasteiger partial charge in [-0.3, -0.25) is 0 Å². The Labute approximate surface area is 115 Å². The fraction of sp³-hybridized carbons (Fsp3) is 0.600. The van der Waals surface area contributed by atoms with E-state index in [0.717, 1.165) is 37.5 Å². The molecule has 0 saturated carbocycles. The van der Waals surface area contributed by atoms with Gasteiger partial charge in [0.25, 0.3) is 0 Å². The molecule has 0 aromatic heterocycles. The fourth-order valence-corrected chi connectivity index (χ4v) is 2.11. The number of benzene rings is 1. The van der Waals surface area contributed by atoms with E-state index in [1.807, 2.05) is 18.2 Å². The smallest absolute Gasteiger partial charge is 0.0469 e. The largest absolute Gasteiger partial charge is 0.381 e. The minimum Gasteiger partial charge on any atom is -0.381 e. The normalized spacial score (nSPS) is 12.6. The maximum atomic E-state index is 5.98. The Kier molecular flexibility index (Phi) is 8.06. The maximum Gasteiger partial charge on any atom is 0.0469 e. The minimum absolute atomic E-state index is 0.477. The van der Waals surface area contributed by atoms with E-state index in [4.69, 9.17) is 22.1 Å². The van der Waals surface area contributed by atoms with E-state index in [1.165, 1.54) is 12.0 Å². The molecule has 0 fully saturated rings. The van der Waals surface area contributed by atoms with Gasteiger partial charge in [0.2, 0.25) is 0 Å². The zero-order chi connectivity index (χ0) is 13.2. The summed E-state index contributed by atoms with van der Waals surface area (Å²) in [6.45, 7) is 4.54. The molecule has 0 spiro atoms. The highest BCUT2D eigenvalue weighted by Crippen LogP contribution is 2.16. The van der Waals surface area contributed by atoms with Crippen LogP contribution < -0.4 is 5.73 Å². The number of ether oxygens (including phenoxy) is 1. The van der Waals surface area contributed by atoms with Crippen molar-refractivity contribution in [1.29, 1.82) is 0 Å². The van der Waals surface area contributed by atoms with Crippen LogP contribution in [-0.2, 0) is 11.2 Å². The SMILES string of the molecule is CCCCOCCC(CN)Cc1cccc(Cl)c1. The molecule has 1 atom stereocenters. The van der Waals surface area contributed by atoms with E-state index in [9.17, 15) is 0 Å². The fourth-order valence-electron chi connectivity index (χ4n) is 1.90. The van der Waals surface area contributed by atoms with Gasteiger partial charge in [0.1, 0.15) is 0 Å². The van der Waals surface area contributed by atoms with Gasteiger partial charge in [-0.15, -0.1) is 0 Å². The van der Waals surface area contributed by atoms with Crippen molar-refractivity contribution in [3.05, 3.63) is 34.9 Å². The highest BCUT2D eigenvalue weighted by Gasteiger charge is 2.08. The molecule has 1 aromatic rings. The predicted molar refractivity (Wildman–Crippen MR) is 78.0 cm³/mol. The monoisotopic (exact) mass is 269 g/mol. The molecule has 3 heteroatoms. The first-order valence-corrected chi connectivity index (χ1v) is 7.16. The van der Waals surface area contributed by atoms with Gasteiger partial charge >= 0.3 is 0 Å². The molecule has 0 aliphatic heterocycles. The van der Waals surface area contributed by atoms with E-state index >= 15 is 0 Å². The zero-order valence-corrected chi connectivity index (χ0v) is 12.0. The first-order chi connectivity index (χ1) is 8.76. The minimum atomic E-state index is 0.477. The average Bonchev–Trinajstić information content (AvgIpc) is 2.37. The predicted octanol–water partition coefficient (Wildman–Crippen LogP) is 3.66. The molecule has 1 aromatic carbocycles. The summed E-state index contributed by atoms with van der Waals surface area (Å²) in [5.74, 6) is 0.477. The van der Waals surface area contributed by atoms with E-state index < -0.39 is 0 Å². The molecule has 102 valence electrons. The molecule has 0 aliphatic rings. The lowest BCUT2D eigenvalue weighted by atomic mass is 9.97. The summed E-state index contributed by atoms with van der Waals surface area (Å²) < 4.78 is 5.59. The van der Waals surface area contributed by atoms with Crippen LogP contribution in [0.4, 0.5) is 0 Å². The Morgan fingerprint density at radius 2 is 2.17 bits per heavy atom. The average molecular weight is 270 g/mol. The van der Waals surface area contributed by atoms with Crippen molar-refractivity contribution in [2.45, 2.75) is 32.6 Å². The van der Waals surface area contributed by atoms with Gasteiger partial charge in [-0.25, -0.2) is 0 Å². The first-order valence-electron chi connectivity index (χ1n) is 6.78. The molecular weight excluding hydrogens is 246 g/mol. The van der Waals surface area contributed by atoms with Crippen LogP contribution in [0.2, 0.25) is 5.02 Å². The lowest BCUT2D eigenvalue weighted by molar-refractivity contribution is 0.118. The van der Waals surface area contributed by atoms with Crippen molar-refractivity contribution in [3.8, 4) is 0 Å². The summed E-state index contributed by atoms with van der Waals surface area (Å²) in [6, 6.07) is 8.01. The zero-order valence-electron chi connectivity index (χ0n) is 11.2. The number of nitrogens with two attached hydrogens (primary N) is 1. The van der Waals surface area contributed by atoms with E-state index in [2.05, 4.69) is 13.0 Å². The molecule has 2 N–H and O–H groups in total. The third-order valence-electron chi connectivity index (χ3n) is 3.06. The number of rotatable bonds is 9. The van der Waals surface area contributed by atoms with Crippen molar-refractivity contribution in [1.82, 2.24) is 0 Å². The van der Waals surface area contributed by atoms with E-state index in [-0.39, 0.29) is 0 Å². The maximum absolute atomic E-state index is 5.98. The topological polar surface area (TPSA) is 35.2 Å². The highest BCUT2D eigenvalue weighted by atomic mass is 35.5. The van der Waals surface area contributed by atoms with Crippen LogP contribution in [-0.4, -0.2) is 19.8 Å². The molecule has 18 heavy (non-hydrogen) atoms. The molecule has 0 amide bonds. The Bertz CT molecular complexity index is 330. The summed E-state index contributed by atoms with van der Waals surface area (Å²) in [5, 5.41) is 0.794. The second-order valence-electron chi connectivity index (χ2n) is 4.69. The second-order valence-corrected chi connectivity index (χ2v) is 5.13. The van der Waals surface area contributed by atoms with Gasteiger partial charge in [0.15, 0.2) is 0 Å². The molecule has 0 saturated heterocycles. The van der Waals surface area contributed by atoms with Gasteiger partial charge in [0, 0.05) is 18.2 Å². The Hall–Kier alpha value is -0.570. The summed E-state index contributed by atoms with van der Waals surface area (Å²) in [6.07, 6.45) is 4.32. The Balaban J connectivity index is 2.28. The van der Waals surface area contributed by atoms with Crippen LogP contribution in [0, 0.1) is 5.92 Å². The van der Waals surface area contributed by atoms with Gasteiger partial charge in [0.05, 0.1) is 0 Å². The Morgan fingerprint density at radius 1 is 1.33 bits per heavy atom. The molecular formula is C15H24ClNO. The van der Waals surface area contributed by atoms with Gasteiger partial charge in [-0.1, -0.05) is 37.1 Å². The number of halogens is 1. The third-order valence-corrected chi connectivity index (χ3v) is 3.29. The van der Waals surface area contributed by atoms with Gasteiger partial charge in [-0.2, -0.15) is 0 Å². The molecule has 2 nitrogen and oxygen atoms in total. The Morgan fingerprint density at radius 3 is 2.83 bits per heavy atom. The molecule has 0 radical (unpaired) electrons. The van der Waals surface area contributed by atoms with Crippen LogP contribution in [0.1, 0.15) is 31.7 Å². The van der Waals surface area contributed by atoms with Crippen LogP contribution >= 0.6 is 11.6 Å². The lowest BCUT2D eigenvalue weighted by Gasteiger charge is -2.15. The van der Waals surface area contributed by atoms with Crippen molar-refractivity contribution in [2.75, 3.05) is 19.8 Å². The highest BCUT2D eigenvalue weighted by molar-refractivity contribution is 6.30. The van der Waals surface area contributed by atoms with Crippen LogP contribution in [0.3, 0.4) is 0 Å². The van der Waals surface area contributed by atoms with Crippen LogP contribution in [0.25, 0.3) is 0 Å². The number of hydrogen-bond acceptors (Lipinski definition) is 2. The first kappa shape index (κ1) is 15.5. The quantitative estimate of drug-likeness (QED) is 0.695. The summed E-state index contributed by atoms with van der Waals surface area (Å²) in [4.78, 5) is 0. The van der Waals surface area contributed by atoms with Crippen LogP contribution in [0.5, 0.6) is 0 Å².